The Morgan fingerprint density at radius 1 is 1.29 bits per heavy atom. The van der Waals surface area contributed by atoms with Crippen LogP contribution >= 0.6 is 0 Å². The lowest BCUT2D eigenvalue weighted by Crippen LogP contribution is -1.97. The average molecular weight is 188 g/mol. The predicted octanol–water partition coefficient (Wildman–Crippen LogP) is 3.01. The first-order chi connectivity index (χ1) is 6.61. The summed E-state index contributed by atoms with van der Waals surface area (Å²) >= 11 is 0. The van der Waals surface area contributed by atoms with E-state index in [0.717, 1.165) is 5.52 Å². The molecule has 0 aliphatic rings. The lowest BCUT2D eigenvalue weighted by Gasteiger charge is -2.12. The van der Waals surface area contributed by atoms with Gasteiger partial charge in [-0.3, -0.25) is 0 Å². The maximum absolute atomic E-state index is 4.37. The van der Waals surface area contributed by atoms with Crippen molar-refractivity contribution in [1.29, 1.82) is 0 Å². The minimum Gasteiger partial charge on any atom is -0.333 e. The number of rotatable bonds is 1. The van der Waals surface area contributed by atoms with Gasteiger partial charge in [0.15, 0.2) is 0 Å². The second-order valence-electron chi connectivity index (χ2n) is 4.17. The minimum atomic E-state index is 0.550. The van der Waals surface area contributed by atoms with Crippen LogP contribution in [0.4, 0.5) is 0 Å². The lowest BCUT2D eigenvalue weighted by atomic mass is 9.96. The van der Waals surface area contributed by atoms with E-state index in [0.29, 0.717) is 5.92 Å². The van der Waals surface area contributed by atoms with Gasteiger partial charge in [-0.05, 0) is 30.0 Å². The van der Waals surface area contributed by atoms with Crippen LogP contribution in [-0.2, 0) is 7.05 Å². The zero-order chi connectivity index (χ0) is 10.3. The summed E-state index contributed by atoms with van der Waals surface area (Å²) in [6, 6.07) is 4.25. The van der Waals surface area contributed by atoms with Gasteiger partial charge in [0.1, 0.15) is 0 Å². The summed E-state index contributed by atoms with van der Waals surface area (Å²) in [5, 5.41) is 0. The molecule has 2 rings (SSSR count). The first-order valence-electron chi connectivity index (χ1n) is 5.01. The third-order valence-corrected chi connectivity index (χ3v) is 2.71. The molecule has 1 aromatic carbocycles. The number of imidazole rings is 1. The van der Waals surface area contributed by atoms with Gasteiger partial charge >= 0.3 is 0 Å². The van der Waals surface area contributed by atoms with Crippen molar-refractivity contribution in [1.82, 2.24) is 9.55 Å². The Morgan fingerprint density at radius 2 is 2.00 bits per heavy atom. The zero-order valence-electron chi connectivity index (χ0n) is 9.20. The highest BCUT2D eigenvalue weighted by atomic mass is 15.0. The van der Waals surface area contributed by atoms with E-state index < -0.39 is 0 Å². The molecule has 2 nitrogen and oxygen atoms in total. The molecule has 2 aromatic rings. The molecule has 2 heteroatoms. The highest BCUT2D eigenvalue weighted by molar-refractivity contribution is 5.80. The highest BCUT2D eigenvalue weighted by Crippen LogP contribution is 2.27. The Hall–Kier alpha value is -1.31. The van der Waals surface area contributed by atoms with E-state index in [1.54, 1.807) is 0 Å². The molecule has 0 radical (unpaired) electrons. The average Bonchev–Trinajstić information content (AvgIpc) is 2.47. The molecule has 0 bridgehead atoms. The van der Waals surface area contributed by atoms with E-state index in [2.05, 4.69) is 49.5 Å². The third-order valence-electron chi connectivity index (χ3n) is 2.71. The minimum absolute atomic E-state index is 0.550. The van der Waals surface area contributed by atoms with Crippen molar-refractivity contribution in [3.63, 3.8) is 0 Å². The summed E-state index contributed by atoms with van der Waals surface area (Å²) in [6.45, 7) is 6.63. The summed E-state index contributed by atoms with van der Waals surface area (Å²) in [4.78, 5) is 4.37. The van der Waals surface area contributed by atoms with Crippen molar-refractivity contribution in [2.45, 2.75) is 26.7 Å². The molecule has 1 heterocycles. The van der Waals surface area contributed by atoms with Gasteiger partial charge < -0.3 is 4.57 Å². The predicted molar refractivity (Wildman–Crippen MR) is 59.5 cm³/mol. The monoisotopic (exact) mass is 188 g/mol. The Morgan fingerprint density at radius 3 is 2.64 bits per heavy atom. The van der Waals surface area contributed by atoms with Crippen LogP contribution in [0.3, 0.4) is 0 Å². The molecule has 0 saturated carbocycles. The Kier molecular flexibility index (Phi) is 2.06. The van der Waals surface area contributed by atoms with Crippen LogP contribution in [0, 0.1) is 6.92 Å². The normalized spacial score (nSPS) is 11.5. The number of benzene rings is 1. The van der Waals surface area contributed by atoms with E-state index in [9.17, 15) is 0 Å². The largest absolute Gasteiger partial charge is 0.333 e. The van der Waals surface area contributed by atoms with Crippen LogP contribution in [-0.4, -0.2) is 9.55 Å². The van der Waals surface area contributed by atoms with E-state index in [1.807, 2.05) is 6.33 Å². The topological polar surface area (TPSA) is 17.8 Å². The standard InChI is InChI=1S/C12H16N2/c1-8(2)11-9(3)5-6-10-12(11)14(4)7-13-10/h5-8H,1-4H3. The number of hydrogen-bond acceptors (Lipinski definition) is 1. The van der Waals surface area contributed by atoms with E-state index in [-0.39, 0.29) is 0 Å². The van der Waals surface area contributed by atoms with Gasteiger partial charge in [0.05, 0.1) is 17.4 Å². The van der Waals surface area contributed by atoms with E-state index in [1.165, 1.54) is 16.6 Å². The van der Waals surface area contributed by atoms with Crippen molar-refractivity contribution in [2.75, 3.05) is 0 Å². The van der Waals surface area contributed by atoms with E-state index >= 15 is 0 Å². The molecular formula is C12H16N2. The van der Waals surface area contributed by atoms with E-state index in [4.69, 9.17) is 0 Å². The van der Waals surface area contributed by atoms with Gasteiger partial charge in [-0.15, -0.1) is 0 Å². The first-order valence-corrected chi connectivity index (χ1v) is 5.01. The highest BCUT2D eigenvalue weighted by Gasteiger charge is 2.11. The van der Waals surface area contributed by atoms with Gasteiger partial charge in [0.25, 0.3) is 0 Å². The molecule has 0 atom stereocenters. The smallest absolute Gasteiger partial charge is 0.0955 e. The van der Waals surface area contributed by atoms with Gasteiger partial charge in [0.2, 0.25) is 0 Å². The van der Waals surface area contributed by atoms with Gasteiger partial charge in [-0.1, -0.05) is 19.9 Å². The molecule has 0 aliphatic heterocycles. The molecule has 1 aromatic heterocycles. The number of aryl methyl sites for hydroxylation is 2. The van der Waals surface area contributed by atoms with Crippen molar-refractivity contribution in [2.24, 2.45) is 7.05 Å². The fourth-order valence-electron chi connectivity index (χ4n) is 2.11. The number of aromatic nitrogens is 2. The SMILES string of the molecule is Cc1ccc2ncn(C)c2c1C(C)C. The van der Waals surface area contributed by atoms with Crippen LogP contribution in [0.15, 0.2) is 18.5 Å². The van der Waals surface area contributed by atoms with Gasteiger partial charge in [-0.2, -0.15) is 0 Å². The fourth-order valence-corrected chi connectivity index (χ4v) is 2.11. The fraction of sp³-hybridized carbons (Fsp3) is 0.417. The van der Waals surface area contributed by atoms with Crippen LogP contribution in [0.25, 0.3) is 11.0 Å². The number of hydrogen-bond donors (Lipinski definition) is 0. The molecule has 0 aliphatic carbocycles. The maximum Gasteiger partial charge on any atom is 0.0955 e. The summed E-state index contributed by atoms with van der Waals surface area (Å²) in [6.07, 6.45) is 1.88. The molecule has 74 valence electrons. The molecule has 14 heavy (non-hydrogen) atoms. The zero-order valence-corrected chi connectivity index (χ0v) is 9.20. The molecule has 0 N–H and O–H groups in total. The summed E-state index contributed by atoms with van der Waals surface area (Å²) in [5.74, 6) is 0.550. The van der Waals surface area contributed by atoms with Crippen molar-refractivity contribution in [3.05, 3.63) is 29.6 Å². The second-order valence-corrected chi connectivity index (χ2v) is 4.17. The second kappa shape index (κ2) is 3.12. The number of fused-ring (bicyclic) bond motifs is 1. The molecule has 0 amide bonds. The Labute approximate surface area is 84.6 Å². The van der Waals surface area contributed by atoms with Crippen molar-refractivity contribution >= 4 is 11.0 Å². The Balaban J connectivity index is 2.87. The van der Waals surface area contributed by atoms with Crippen LogP contribution < -0.4 is 0 Å². The third kappa shape index (κ3) is 1.22. The summed E-state index contributed by atoms with van der Waals surface area (Å²) < 4.78 is 2.11. The molecule has 0 unspecified atom stereocenters. The molecule has 0 fully saturated rings. The van der Waals surface area contributed by atoms with Crippen LogP contribution in [0.5, 0.6) is 0 Å². The quantitative estimate of drug-likeness (QED) is 0.672. The Bertz CT molecular complexity index is 466. The molecule has 0 spiro atoms. The summed E-state index contributed by atoms with van der Waals surface area (Å²) in [5.41, 5.74) is 5.15. The first kappa shape index (κ1) is 9.25. The summed E-state index contributed by atoms with van der Waals surface area (Å²) in [7, 11) is 2.06. The lowest BCUT2D eigenvalue weighted by molar-refractivity contribution is 0.846. The van der Waals surface area contributed by atoms with Gasteiger partial charge in [-0.25, -0.2) is 4.98 Å². The maximum atomic E-state index is 4.37. The van der Waals surface area contributed by atoms with Crippen LogP contribution in [0.2, 0.25) is 0 Å². The molecular weight excluding hydrogens is 172 g/mol. The van der Waals surface area contributed by atoms with Crippen molar-refractivity contribution < 1.29 is 0 Å². The van der Waals surface area contributed by atoms with Crippen LogP contribution in [0.1, 0.15) is 30.9 Å². The molecule has 0 saturated heterocycles. The van der Waals surface area contributed by atoms with Crippen molar-refractivity contribution in [3.8, 4) is 0 Å². The number of nitrogens with zero attached hydrogens (tertiary/aromatic N) is 2. The van der Waals surface area contributed by atoms with Gasteiger partial charge in [0, 0.05) is 7.05 Å².